The quantitative estimate of drug-likeness (QED) is 0.496. The molecule has 0 aliphatic heterocycles. The molecular formula is C22H26N4O2S2. The Bertz CT molecular complexity index is 1050. The van der Waals surface area contributed by atoms with E-state index in [0.29, 0.717) is 24.3 Å². The molecule has 0 radical (unpaired) electrons. The average Bonchev–Trinajstić information content (AvgIpc) is 3.52. The second-order valence-electron chi connectivity index (χ2n) is 7.70. The molecule has 2 heterocycles. The molecule has 1 aliphatic carbocycles. The lowest BCUT2D eigenvalue weighted by Gasteiger charge is -2.31. The number of hydrogen-bond acceptors (Lipinski definition) is 5. The number of ether oxygens (including phenoxy) is 1. The molecule has 1 aromatic carbocycles. The van der Waals surface area contributed by atoms with Crippen molar-refractivity contribution in [2.45, 2.75) is 44.1 Å². The molecular weight excluding hydrogens is 416 g/mol. The van der Waals surface area contributed by atoms with Crippen molar-refractivity contribution in [1.82, 2.24) is 20.1 Å². The van der Waals surface area contributed by atoms with Gasteiger partial charge in [0, 0.05) is 30.5 Å². The van der Waals surface area contributed by atoms with Gasteiger partial charge in [0.1, 0.15) is 5.75 Å². The topological polar surface area (TPSA) is 71.9 Å². The van der Waals surface area contributed by atoms with Gasteiger partial charge in [-0.3, -0.25) is 14.5 Å². The van der Waals surface area contributed by atoms with E-state index in [1.54, 1.807) is 18.4 Å². The Kier molecular flexibility index (Phi) is 6.34. The van der Waals surface area contributed by atoms with Crippen LogP contribution in [0.3, 0.4) is 0 Å². The van der Waals surface area contributed by atoms with E-state index < -0.39 is 0 Å². The van der Waals surface area contributed by atoms with Crippen molar-refractivity contribution in [2.75, 3.05) is 13.7 Å². The summed E-state index contributed by atoms with van der Waals surface area (Å²) in [5.74, 6) is 1.71. The largest absolute Gasteiger partial charge is 0.496 e. The molecule has 1 aliphatic rings. The van der Waals surface area contributed by atoms with Crippen LogP contribution >= 0.6 is 23.6 Å². The van der Waals surface area contributed by atoms with Crippen LogP contribution in [0.4, 0.5) is 0 Å². The van der Waals surface area contributed by atoms with Crippen LogP contribution in [0.2, 0.25) is 0 Å². The first-order chi connectivity index (χ1) is 14.6. The number of hydrogen-bond donors (Lipinski definition) is 2. The van der Waals surface area contributed by atoms with E-state index in [-0.39, 0.29) is 11.3 Å². The highest BCUT2D eigenvalue weighted by Gasteiger charge is 2.37. The summed E-state index contributed by atoms with van der Waals surface area (Å²) in [5, 5.41) is 12.4. The van der Waals surface area contributed by atoms with Crippen molar-refractivity contribution in [2.24, 2.45) is 0 Å². The first-order valence-corrected chi connectivity index (χ1v) is 11.5. The number of nitrogens with one attached hydrogen (secondary N) is 2. The van der Waals surface area contributed by atoms with Gasteiger partial charge >= 0.3 is 0 Å². The highest BCUT2D eigenvalue weighted by Crippen LogP contribution is 2.44. The number of thiophene rings is 1. The number of benzene rings is 1. The number of H-pyrrole nitrogens is 1. The van der Waals surface area contributed by atoms with Crippen LogP contribution in [0.5, 0.6) is 5.75 Å². The maximum Gasteiger partial charge on any atom is 0.221 e. The Labute approximate surface area is 185 Å². The van der Waals surface area contributed by atoms with Gasteiger partial charge in [-0.25, -0.2) is 0 Å². The maximum absolute atomic E-state index is 12.7. The number of carbonyl (C=O) groups is 1. The summed E-state index contributed by atoms with van der Waals surface area (Å²) >= 11 is 6.97. The van der Waals surface area contributed by atoms with Gasteiger partial charge in [-0.15, -0.1) is 11.3 Å². The molecule has 1 amide bonds. The number of para-hydroxylation sites is 1. The zero-order chi connectivity index (χ0) is 21.0. The van der Waals surface area contributed by atoms with Crippen LogP contribution in [-0.4, -0.2) is 34.3 Å². The van der Waals surface area contributed by atoms with Crippen LogP contribution in [0.15, 0.2) is 41.8 Å². The Morgan fingerprint density at radius 2 is 2.10 bits per heavy atom. The monoisotopic (exact) mass is 442 g/mol. The fourth-order valence-corrected chi connectivity index (χ4v) is 5.31. The van der Waals surface area contributed by atoms with Crippen LogP contribution in [0, 0.1) is 4.77 Å². The molecule has 0 saturated heterocycles. The van der Waals surface area contributed by atoms with E-state index in [9.17, 15) is 4.79 Å². The van der Waals surface area contributed by atoms with Gasteiger partial charge in [-0.1, -0.05) is 37.1 Å². The van der Waals surface area contributed by atoms with Crippen molar-refractivity contribution in [3.05, 3.63) is 52.1 Å². The average molecular weight is 443 g/mol. The summed E-state index contributed by atoms with van der Waals surface area (Å²) in [7, 11) is 1.71. The van der Waals surface area contributed by atoms with E-state index in [1.165, 1.54) is 18.4 Å². The van der Waals surface area contributed by atoms with Gasteiger partial charge in [-0.05, 0) is 42.6 Å². The predicted octanol–water partition coefficient (Wildman–Crippen LogP) is 4.70. The third-order valence-corrected chi connectivity index (χ3v) is 7.10. The molecule has 8 heteroatoms. The molecule has 2 aromatic heterocycles. The van der Waals surface area contributed by atoms with Crippen LogP contribution < -0.4 is 10.1 Å². The summed E-state index contributed by atoms with van der Waals surface area (Å²) in [5.41, 5.74) is 1.14. The molecule has 2 N–H and O–H groups in total. The number of amides is 1. The molecule has 0 unspecified atom stereocenters. The predicted molar refractivity (Wildman–Crippen MR) is 121 cm³/mol. The van der Waals surface area contributed by atoms with E-state index in [0.717, 1.165) is 29.3 Å². The number of aromatic nitrogens is 3. The van der Waals surface area contributed by atoms with Crippen molar-refractivity contribution in [3.63, 3.8) is 0 Å². The van der Waals surface area contributed by atoms with Gasteiger partial charge in [-0.2, -0.15) is 5.10 Å². The third-order valence-electron chi connectivity index (χ3n) is 5.93. The SMILES string of the molecule is COc1ccccc1C1(CNC(=O)CCn2c(-c3cccs3)n[nH]c2=S)CCCC1. The van der Waals surface area contributed by atoms with Gasteiger partial charge < -0.3 is 10.1 Å². The van der Waals surface area contributed by atoms with Crippen molar-refractivity contribution in [1.29, 1.82) is 0 Å². The van der Waals surface area contributed by atoms with Crippen molar-refractivity contribution >= 4 is 29.5 Å². The Balaban J connectivity index is 1.42. The maximum atomic E-state index is 12.7. The Morgan fingerprint density at radius 3 is 2.83 bits per heavy atom. The first kappa shape index (κ1) is 20.8. The Morgan fingerprint density at radius 1 is 1.30 bits per heavy atom. The fraction of sp³-hybridized carbons (Fsp3) is 0.409. The lowest BCUT2D eigenvalue weighted by atomic mass is 9.78. The number of rotatable bonds is 8. The molecule has 4 rings (SSSR count). The lowest BCUT2D eigenvalue weighted by molar-refractivity contribution is -0.121. The van der Waals surface area contributed by atoms with Crippen LogP contribution in [0.1, 0.15) is 37.7 Å². The molecule has 3 aromatic rings. The van der Waals surface area contributed by atoms with Crippen LogP contribution in [-0.2, 0) is 16.8 Å². The standard InChI is InChI=1S/C22H26N4O2S2/c1-28-17-8-3-2-7-16(17)22(11-4-5-12-22)15-23-19(27)10-13-26-20(24-25-21(26)29)18-9-6-14-30-18/h2-3,6-9,14H,4-5,10-13,15H2,1H3,(H,23,27)(H,25,29). The Hall–Kier alpha value is -2.45. The number of aromatic amines is 1. The van der Waals surface area contributed by atoms with Crippen LogP contribution in [0.25, 0.3) is 10.7 Å². The van der Waals surface area contributed by atoms with E-state index in [1.807, 2.05) is 40.3 Å². The van der Waals surface area contributed by atoms with E-state index >= 15 is 0 Å². The molecule has 0 atom stereocenters. The summed E-state index contributed by atoms with van der Waals surface area (Å²) in [6, 6.07) is 12.2. The smallest absolute Gasteiger partial charge is 0.221 e. The lowest BCUT2D eigenvalue weighted by Crippen LogP contribution is -2.39. The summed E-state index contributed by atoms with van der Waals surface area (Å²) < 4.78 is 8.04. The van der Waals surface area contributed by atoms with Gasteiger partial charge in [0.25, 0.3) is 0 Å². The zero-order valence-electron chi connectivity index (χ0n) is 17.0. The molecule has 1 fully saturated rings. The zero-order valence-corrected chi connectivity index (χ0v) is 18.7. The van der Waals surface area contributed by atoms with E-state index in [4.69, 9.17) is 17.0 Å². The highest BCUT2D eigenvalue weighted by atomic mass is 32.1. The second-order valence-corrected chi connectivity index (χ2v) is 9.03. The molecule has 6 nitrogen and oxygen atoms in total. The van der Waals surface area contributed by atoms with Gasteiger partial charge in [0.15, 0.2) is 10.6 Å². The molecule has 1 saturated carbocycles. The minimum atomic E-state index is -0.0592. The summed E-state index contributed by atoms with van der Waals surface area (Å²) in [6.07, 6.45) is 4.81. The molecule has 30 heavy (non-hydrogen) atoms. The normalized spacial score (nSPS) is 15.2. The first-order valence-electron chi connectivity index (χ1n) is 10.2. The third kappa shape index (κ3) is 4.20. The second kappa shape index (κ2) is 9.14. The number of nitrogens with zero attached hydrogens (tertiary/aromatic N) is 2. The fourth-order valence-electron chi connectivity index (χ4n) is 4.36. The van der Waals surface area contributed by atoms with Crippen molar-refractivity contribution < 1.29 is 9.53 Å². The summed E-state index contributed by atoms with van der Waals surface area (Å²) in [6.45, 7) is 1.12. The van der Waals surface area contributed by atoms with Gasteiger partial charge in [0.05, 0.1) is 12.0 Å². The molecule has 0 spiro atoms. The minimum absolute atomic E-state index is 0.0244. The van der Waals surface area contributed by atoms with Gasteiger partial charge in [0.2, 0.25) is 5.91 Å². The highest BCUT2D eigenvalue weighted by molar-refractivity contribution is 7.71. The number of methoxy groups -OCH3 is 1. The van der Waals surface area contributed by atoms with Crippen molar-refractivity contribution in [3.8, 4) is 16.5 Å². The van der Waals surface area contributed by atoms with E-state index in [2.05, 4.69) is 21.6 Å². The minimum Gasteiger partial charge on any atom is -0.496 e. The number of carbonyl (C=O) groups excluding carboxylic acids is 1. The molecule has 0 bridgehead atoms. The molecule has 158 valence electrons. The summed E-state index contributed by atoms with van der Waals surface area (Å²) in [4.78, 5) is 13.7.